The smallest absolute Gasteiger partial charge is 0.224 e. The van der Waals surface area contributed by atoms with Gasteiger partial charge in [-0.1, -0.05) is 30.3 Å². The number of halogens is 1. The number of hydrogen-bond donors (Lipinski definition) is 1. The van der Waals surface area contributed by atoms with Gasteiger partial charge in [0.2, 0.25) is 5.91 Å². The van der Waals surface area contributed by atoms with Crippen molar-refractivity contribution in [2.45, 2.75) is 38.3 Å². The molecule has 5 heteroatoms. The fourth-order valence-electron chi connectivity index (χ4n) is 3.62. The summed E-state index contributed by atoms with van der Waals surface area (Å²) < 4.78 is 0. The maximum absolute atomic E-state index is 12.6. The van der Waals surface area contributed by atoms with E-state index in [1.165, 1.54) is 11.3 Å². The lowest BCUT2D eigenvalue weighted by atomic mass is 9.93. The number of nitrogens with one attached hydrogen (secondary N) is 1. The van der Waals surface area contributed by atoms with Crippen LogP contribution >= 0.6 is 24.2 Å². The number of benzene rings is 1. The summed E-state index contributed by atoms with van der Waals surface area (Å²) in [6, 6.07) is 11.4. The number of thioether (sulfide) groups is 1. The molecule has 1 aromatic rings. The van der Waals surface area contributed by atoms with E-state index in [0.29, 0.717) is 30.3 Å². The van der Waals surface area contributed by atoms with E-state index >= 15 is 0 Å². The third-order valence-corrected chi connectivity index (χ3v) is 6.13. The summed E-state index contributed by atoms with van der Waals surface area (Å²) >= 11 is 1.96. The Morgan fingerprint density at radius 3 is 2.83 bits per heavy atom. The standard InChI is InChI=1S/C18H26N2OS.ClH/c1-14-16(11-15-5-3-2-4-6-15)7-9-20(14)18(21)12-17-13-22-10-8-19-17;/h2-6,14,16-17,19H,7-13H2,1H3;1H. The predicted octanol–water partition coefficient (Wildman–Crippen LogP) is 2.98. The van der Waals surface area contributed by atoms with Gasteiger partial charge in [-0.05, 0) is 31.2 Å². The van der Waals surface area contributed by atoms with E-state index in [0.717, 1.165) is 31.7 Å². The molecule has 1 N–H and O–H groups in total. The second kappa shape index (κ2) is 8.95. The first-order valence-corrected chi connectivity index (χ1v) is 9.54. The van der Waals surface area contributed by atoms with Crippen LogP contribution in [0.2, 0.25) is 0 Å². The predicted molar refractivity (Wildman–Crippen MR) is 100 cm³/mol. The van der Waals surface area contributed by atoms with Crippen molar-refractivity contribution in [3.8, 4) is 0 Å². The highest BCUT2D eigenvalue weighted by atomic mass is 35.5. The Kier molecular flexibility index (Phi) is 7.25. The second-order valence-corrected chi connectivity index (χ2v) is 7.65. The minimum absolute atomic E-state index is 0. The van der Waals surface area contributed by atoms with Gasteiger partial charge in [-0.15, -0.1) is 12.4 Å². The van der Waals surface area contributed by atoms with Gasteiger partial charge >= 0.3 is 0 Å². The van der Waals surface area contributed by atoms with Crippen molar-refractivity contribution >= 4 is 30.1 Å². The molecule has 2 saturated heterocycles. The summed E-state index contributed by atoms with van der Waals surface area (Å²) in [5.74, 6) is 3.17. The average molecular weight is 355 g/mol. The average Bonchev–Trinajstić information content (AvgIpc) is 2.90. The number of rotatable bonds is 4. The molecule has 0 aromatic heterocycles. The van der Waals surface area contributed by atoms with Crippen LogP contribution in [0.1, 0.15) is 25.3 Å². The third kappa shape index (κ3) is 4.88. The van der Waals surface area contributed by atoms with E-state index in [4.69, 9.17) is 0 Å². The van der Waals surface area contributed by atoms with Crippen molar-refractivity contribution in [1.82, 2.24) is 10.2 Å². The van der Waals surface area contributed by atoms with Gasteiger partial charge < -0.3 is 10.2 Å². The minimum Gasteiger partial charge on any atom is -0.340 e. The minimum atomic E-state index is 0. The molecule has 0 aliphatic carbocycles. The summed E-state index contributed by atoms with van der Waals surface area (Å²) in [6.45, 7) is 4.19. The van der Waals surface area contributed by atoms with Crippen molar-refractivity contribution in [1.29, 1.82) is 0 Å². The van der Waals surface area contributed by atoms with Crippen LogP contribution in [-0.4, -0.2) is 47.5 Å². The van der Waals surface area contributed by atoms with Crippen molar-refractivity contribution < 1.29 is 4.79 Å². The van der Waals surface area contributed by atoms with Crippen LogP contribution in [-0.2, 0) is 11.2 Å². The summed E-state index contributed by atoms with van der Waals surface area (Å²) in [4.78, 5) is 14.7. The SMILES string of the molecule is CC1C(Cc2ccccc2)CCN1C(=O)CC1CSCCN1.Cl. The summed E-state index contributed by atoms with van der Waals surface area (Å²) in [5, 5.41) is 3.47. The fraction of sp³-hybridized carbons (Fsp3) is 0.611. The molecule has 0 radical (unpaired) electrons. The van der Waals surface area contributed by atoms with Crippen LogP contribution in [0.5, 0.6) is 0 Å². The molecule has 3 unspecified atom stereocenters. The van der Waals surface area contributed by atoms with Crippen LogP contribution in [0.25, 0.3) is 0 Å². The number of carbonyl (C=O) groups is 1. The first kappa shape index (κ1) is 18.6. The lowest BCUT2D eigenvalue weighted by Gasteiger charge is -2.28. The van der Waals surface area contributed by atoms with E-state index in [9.17, 15) is 4.79 Å². The zero-order chi connectivity index (χ0) is 15.4. The van der Waals surface area contributed by atoms with E-state index in [-0.39, 0.29) is 12.4 Å². The molecule has 1 aromatic carbocycles. The van der Waals surface area contributed by atoms with Crippen molar-refractivity contribution in [3.05, 3.63) is 35.9 Å². The molecule has 2 fully saturated rings. The lowest BCUT2D eigenvalue weighted by Crippen LogP contribution is -2.44. The van der Waals surface area contributed by atoms with Gasteiger partial charge in [0.15, 0.2) is 0 Å². The highest BCUT2D eigenvalue weighted by molar-refractivity contribution is 7.99. The largest absolute Gasteiger partial charge is 0.340 e. The summed E-state index contributed by atoms with van der Waals surface area (Å²) in [6.07, 6.45) is 2.88. The Bertz CT molecular complexity index is 493. The number of likely N-dealkylation sites (tertiary alicyclic amines) is 1. The van der Waals surface area contributed by atoms with Crippen LogP contribution < -0.4 is 5.32 Å². The monoisotopic (exact) mass is 354 g/mol. The molecular formula is C18H27ClN2OS. The molecule has 3 nitrogen and oxygen atoms in total. The van der Waals surface area contributed by atoms with Gasteiger partial charge in [0.05, 0.1) is 0 Å². The van der Waals surface area contributed by atoms with E-state index in [2.05, 4.69) is 47.5 Å². The first-order chi connectivity index (χ1) is 10.7. The van der Waals surface area contributed by atoms with Crippen molar-refractivity contribution in [2.75, 3.05) is 24.6 Å². The molecule has 128 valence electrons. The Balaban J connectivity index is 0.00000192. The van der Waals surface area contributed by atoms with Gasteiger partial charge in [0, 0.05) is 43.1 Å². The lowest BCUT2D eigenvalue weighted by molar-refractivity contribution is -0.132. The van der Waals surface area contributed by atoms with Crippen LogP contribution in [0, 0.1) is 5.92 Å². The van der Waals surface area contributed by atoms with Crippen LogP contribution in [0.4, 0.5) is 0 Å². The molecule has 0 bridgehead atoms. The highest BCUT2D eigenvalue weighted by Crippen LogP contribution is 2.28. The molecule has 2 aliphatic rings. The Labute approximate surface area is 150 Å². The quantitative estimate of drug-likeness (QED) is 0.902. The van der Waals surface area contributed by atoms with Gasteiger partial charge in [0.25, 0.3) is 0 Å². The molecule has 0 saturated carbocycles. The summed E-state index contributed by atoms with van der Waals surface area (Å²) in [7, 11) is 0. The van der Waals surface area contributed by atoms with E-state index in [1.54, 1.807) is 0 Å². The fourth-order valence-corrected chi connectivity index (χ4v) is 4.57. The van der Waals surface area contributed by atoms with Gasteiger partial charge in [-0.3, -0.25) is 4.79 Å². The second-order valence-electron chi connectivity index (χ2n) is 6.50. The van der Waals surface area contributed by atoms with Crippen molar-refractivity contribution in [2.24, 2.45) is 5.92 Å². The number of nitrogens with zero attached hydrogens (tertiary/aromatic N) is 1. The molecule has 2 heterocycles. The van der Waals surface area contributed by atoms with Crippen LogP contribution in [0.3, 0.4) is 0 Å². The normalized spacial score (nSPS) is 27.5. The molecule has 23 heavy (non-hydrogen) atoms. The number of amides is 1. The van der Waals surface area contributed by atoms with Gasteiger partial charge in [-0.2, -0.15) is 11.8 Å². The zero-order valence-corrected chi connectivity index (χ0v) is 15.4. The Hall–Kier alpha value is -0.710. The molecule has 3 rings (SSSR count). The molecular weight excluding hydrogens is 328 g/mol. The van der Waals surface area contributed by atoms with Crippen molar-refractivity contribution in [3.63, 3.8) is 0 Å². The Morgan fingerprint density at radius 2 is 2.13 bits per heavy atom. The van der Waals surface area contributed by atoms with Gasteiger partial charge in [-0.25, -0.2) is 0 Å². The molecule has 0 spiro atoms. The Morgan fingerprint density at radius 1 is 1.35 bits per heavy atom. The maximum atomic E-state index is 12.6. The van der Waals surface area contributed by atoms with Crippen LogP contribution in [0.15, 0.2) is 30.3 Å². The van der Waals surface area contributed by atoms with E-state index < -0.39 is 0 Å². The number of hydrogen-bond acceptors (Lipinski definition) is 3. The topological polar surface area (TPSA) is 32.3 Å². The maximum Gasteiger partial charge on any atom is 0.224 e. The number of carbonyl (C=O) groups excluding carboxylic acids is 1. The first-order valence-electron chi connectivity index (χ1n) is 8.38. The third-order valence-electron chi connectivity index (χ3n) is 5.00. The summed E-state index contributed by atoms with van der Waals surface area (Å²) in [5.41, 5.74) is 1.39. The molecule has 3 atom stereocenters. The molecule has 1 amide bonds. The molecule has 2 aliphatic heterocycles. The van der Waals surface area contributed by atoms with Gasteiger partial charge in [0.1, 0.15) is 0 Å². The van der Waals surface area contributed by atoms with E-state index in [1.807, 2.05) is 11.8 Å². The highest BCUT2D eigenvalue weighted by Gasteiger charge is 2.34. The zero-order valence-electron chi connectivity index (χ0n) is 13.7.